The topological polar surface area (TPSA) is 93.2 Å². The molecule has 0 N–H and O–H groups in total. The van der Waals surface area contributed by atoms with Gasteiger partial charge < -0.3 is 19.1 Å². The fourth-order valence-corrected chi connectivity index (χ4v) is 16.5. The third kappa shape index (κ3) is 7.63. The van der Waals surface area contributed by atoms with Gasteiger partial charge in [-0.05, 0) is 81.3 Å². The Labute approximate surface area is 367 Å². The first-order valence-electron chi connectivity index (χ1n) is 22.3. The van der Waals surface area contributed by atoms with Gasteiger partial charge in [-0.25, -0.2) is 9.18 Å². The Kier molecular flexibility index (Phi) is 11.5. The number of piperazine rings is 1. The van der Waals surface area contributed by atoms with Crippen molar-refractivity contribution in [3.8, 4) is 34.5 Å². The third-order valence-corrected chi connectivity index (χ3v) is 20.2. The average molecular weight is 859 g/mol. The maximum absolute atomic E-state index is 17.8. The van der Waals surface area contributed by atoms with Crippen molar-refractivity contribution in [2.45, 2.75) is 128 Å². The van der Waals surface area contributed by atoms with Crippen LogP contribution in [0.25, 0.3) is 32.9 Å². The number of carbonyl (C=O) groups excluding carboxylic acids is 1. The van der Waals surface area contributed by atoms with Crippen LogP contribution >= 0.6 is 0 Å². The number of benzene rings is 2. The third-order valence-electron chi connectivity index (χ3n) is 13.9. The van der Waals surface area contributed by atoms with Gasteiger partial charge in [-0.3, -0.25) is 14.8 Å². The van der Waals surface area contributed by atoms with Crippen LogP contribution in [0.2, 0.25) is 16.6 Å². The van der Waals surface area contributed by atoms with Gasteiger partial charge >= 0.3 is 12.1 Å². The van der Waals surface area contributed by atoms with E-state index in [1.807, 2.05) is 56.0 Å². The van der Waals surface area contributed by atoms with Gasteiger partial charge in [0.25, 0.3) is 0 Å². The second-order valence-electron chi connectivity index (χ2n) is 20.1. The van der Waals surface area contributed by atoms with Crippen LogP contribution in [-0.2, 0) is 4.74 Å². The minimum absolute atomic E-state index is 0.0920. The summed E-state index contributed by atoms with van der Waals surface area (Å²) in [4.78, 5) is 34.6. The molecular formula is C50H63FN6O4Si. The van der Waals surface area contributed by atoms with Crippen molar-refractivity contribution >= 4 is 41.7 Å². The molecule has 2 aromatic heterocycles. The first-order valence-corrected chi connectivity index (χ1v) is 24.6. The van der Waals surface area contributed by atoms with Crippen molar-refractivity contribution in [2.24, 2.45) is 0 Å². The molecule has 62 heavy (non-hydrogen) atoms. The minimum atomic E-state index is -2.11. The second kappa shape index (κ2) is 16.3. The predicted octanol–water partition coefficient (Wildman–Crippen LogP) is 10.5. The van der Waals surface area contributed by atoms with E-state index in [0.717, 1.165) is 66.3 Å². The molecule has 0 unspecified atom stereocenters. The lowest BCUT2D eigenvalue weighted by atomic mass is 9.92. The zero-order valence-corrected chi connectivity index (χ0v) is 39.3. The lowest BCUT2D eigenvalue weighted by Crippen LogP contribution is -2.57. The maximum atomic E-state index is 17.8. The summed E-state index contributed by atoms with van der Waals surface area (Å²) >= 11 is 0. The Morgan fingerprint density at radius 1 is 0.952 bits per heavy atom. The number of pyridine rings is 1. The molecule has 12 heteroatoms. The number of hydrogen-bond acceptors (Lipinski definition) is 9. The molecule has 0 aliphatic carbocycles. The summed E-state index contributed by atoms with van der Waals surface area (Å²) in [5.41, 5.74) is 8.32. The molecule has 0 saturated carbocycles. The number of amides is 1. The summed E-state index contributed by atoms with van der Waals surface area (Å²) in [6, 6.07) is 9.66. The summed E-state index contributed by atoms with van der Waals surface area (Å²) in [6.07, 6.45) is 4.63. The monoisotopic (exact) mass is 858 g/mol. The molecule has 8 rings (SSSR count). The van der Waals surface area contributed by atoms with Crippen LogP contribution < -0.4 is 14.4 Å². The molecule has 4 aliphatic heterocycles. The van der Waals surface area contributed by atoms with E-state index in [1.54, 1.807) is 13.3 Å². The van der Waals surface area contributed by atoms with Gasteiger partial charge in [0.15, 0.2) is 5.82 Å². The molecule has 4 saturated heterocycles. The molecule has 0 radical (unpaired) electrons. The Morgan fingerprint density at radius 2 is 1.60 bits per heavy atom. The van der Waals surface area contributed by atoms with Gasteiger partial charge in [-0.1, -0.05) is 83.9 Å². The second-order valence-corrected chi connectivity index (χ2v) is 25.7. The van der Waals surface area contributed by atoms with Gasteiger partial charge in [-0.15, -0.1) is 5.54 Å². The van der Waals surface area contributed by atoms with Crippen LogP contribution in [-0.4, -0.2) is 102 Å². The Balaban J connectivity index is 1.26. The largest absolute Gasteiger partial charge is 0.496 e. The summed E-state index contributed by atoms with van der Waals surface area (Å²) in [5, 5.41) is 2.09. The Morgan fingerprint density at radius 3 is 2.19 bits per heavy atom. The van der Waals surface area contributed by atoms with Crippen LogP contribution in [0.3, 0.4) is 0 Å². The van der Waals surface area contributed by atoms with Crippen molar-refractivity contribution < 1.29 is 23.4 Å². The predicted molar refractivity (Wildman–Crippen MR) is 249 cm³/mol. The lowest BCUT2D eigenvalue weighted by Gasteiger charge is -2.42. The van der Waals surface area contributed by atoms with E-state index in [-0.39, 0.29) is 40.9 Å². The van der Waals surface area contributed by atoms with Crippen LogP contribution in [0.4, 0.5) is 15.0 Å². The molecular weight excluding hydrogens is 796 g/mol. The smallest absolute Gasteiger partial charge is 0.410 e. The highest BCUT2D eigenvalue weighted by atomic mass is 28.3. The van der Waals surface area contributed by atoms with Crippen LogP contribution in [0.15, 0.2) is 60.8 Å². The number of rotatable bonds is 9. The molecule has 328 valence electrons. The van der Waals surface area contributed by atoms with Crippen molar-refractivity contribution in [3.05, 3.63) is 72.2 Å². The van der Waals surface area contributed by atoms with E-state index in [0.29, 0.717) is 58.8 Å². The number of halogens is 1. The van der Waals surface area contributed by atoms with Gasteiger partial charge in [-0.2, -0.15) is 9.97 Å². The number of ether oxygens (including phenoxy) is 3. The first-order chi connectivity index (χ1) is 29.4. The van der Waals surface area contributed by atoms with E-state index >= 15 is 4.39 Å². The SMILES string of the molecule is C=C1CN2CC(=C)CC2(COc2nc(N3C[C@H]4CC[C@@H](C3)N4C(=O)OC(C)(C)C)c3cnc(-c4ccc(OC)c5cccc(C#C[Si](C(C)C)(C(C)C)C(C)C)c45)c(F)c3n2)C1. The Hall–Kier alpha value is -4.99. The molecule has 0 spiro atoms. The number of aromatic nitrogens is 3. The number of nitrogens with zero attached hydrogens (tertiary/aromatic N) is 6. The number of fused-ring (bicyclic) bond motifs is 5. The minimum Gasteiger partial charge on any atom is -0.496 e. The molecule has 2 atom stereocenters. The van der Waals surface area contributed by atoms with E-state index in [2.05, 4.69) is 76.0 Å². The number of carbonyl (C=O) groups is 1. The van der Waals surface area contributed by atoms with E-state index < -0.39 is 19.5 Å². The van der Waals surface area contributed by atoms with E-state index in [4.69, 9.17) is 29.2 Å². The lowest BCUT2D eigenvalue weighted by molar-refractivity contribution is 0.0122. The normalized spacial score (nSPS) is 20.2. The molecule has 4 aromatic rings. The van der Waals surface area contributed by atoms with Gasteiger partial charge in [0.1, 0.15) is 43.1 Å². The highest BCUT2D eigenvalue weighted by molar-refractivity contribution is 6.90. The fourth-order valence-electron chi connectivity index (χ4n) is 11.3. The summed E-state index contributed by atoms with van der Waals surface area (Å²) in [5.74, 6) is 4.30. The van der Waals surface area contributed by atoms with Crippen molar-refractivity contribution in [1.29, 1.82) is 0 Å². The molecule has 2 aromatic carbocycles. The van der Waals surface area contributed by atoms with E-state index in [1.165, 1.54) is 0 Å². The molecule has 4 aliphatic rings. The average Bonchev–Trinajstić information content (AvgIpc) is 3.77. The van der Waals surface area contributed by atoms with E-state index in [9.17, 15) is 4.79 Å². The summed E-state index contributed by atoms with van der Waals surface area (Å²) in [6.45, 7) is 31.0. The molecule has 4 fully saturated rings. The van der Waals surface area contributed by atoms with Crippen LogP contribution in [0, 0.1) is 17.3 Å². The highest BCUT2D eigenvalue weighted by Gasteiger charge is 2.49. The number of methoxy groups -OCH3 is 1. The van der Waals surface area contributed by atoms with Gasteiger partial charge in [0.05, 0.1) is 30.1 Å². The fraction of sp³-hybridized carbons (Fsp3) is 0.520. The maximum Gasteiger partial charge on any atom is 0.410 e. The number of hydrogen-bond donors (Lipinski definition) is 0. The number of anilines is 1. The van der Waals surface area contributed by atoms with Crippen molar-refractivity contribution in [2.75, 3.05) is 44.8 Å². The van der Waals surface area contributed by atoms with Crippen molar-refractivity contribution in [3.63, 3.8) is 0 Å². The molecule has 2 bridgehead atoms. The highest BCUT2D eigenvalue weighted by Crippen LogP contribution is 2.45. The standard InChI is InChI=1S/C50H63FN6O4Si/c1-30(2)62(31(3)4,32(5)6)21-20-35-14-13-15-38-41(59-12)19-18-39(42(35)38)44-43(51)45-40(24-52-44)46(55-27-36-16-17-37(28-55)57(36)48(58)61-49(9,10)11)54-47(53-45)60-29-50-22-33(7)25-56(50)26-34(8)23-50/h13-15,18-19,24,30-32,36-37H,7-8,16-17,22-23,25-29H2,1-6,9-12H3/t36-,37+. The summed E-state index contributed by atoms with van der Waals surface area (Å²) in [7, 11) is -0.463. The van der Waals surface area contributed by atoms with Crippen LogP contribution in [0.5, 0.6) is 11.8 Å². The zero-order chi connectivity index (χ0) is 44.5. The van der Waals surface area contributed by atoms with Crippen molar-refractivity contribution in [1.82, 2.24) is 24.8 Å². The summed E-state index contributed by atoms with van der Waals surface area (Å²) < 4.78 is 36.1. The Bertz CT molecular complexity index is 2460. The van der Waals surface area contributed by atoms with Gasteiger partial charge in [0.2, 0.25) is 0 Å². The quantitative estimate of drug-likeness (QED) is 0.0927. The molecule has 1 amide bonds. The molecule has 6 heterocycles. The van der Waals surface area contributed by atoms with Gasteiger partial charge in [0, 0.05) is 54.3 Å². The van der Waals surface area contributed by atoms with Crippen LogP contribution in [0.1, 0.15) is 93.6 Å². The zero-order valence-electron chi connectivity index (χ0n) is 38.3. The molecule has 10 nitrogen and oxygen atoms in total. The first kappa shape index (κ1) is 43.6.